The van der Waals surface area contributed by atoms with Crippen molar-refractivity contribution in [2.45, 2.75) is 19.3 Å². The number of hydrogen-bond acceptors (Lipinski definition) is 4. The number of rotatable bonds is 2. The molecule has 7 heteroatoms. The summed E-state index contributed by atoms with van der Waals surface area (Å²) in [6.07, 6.45) is 4.55. The second kappa shape index (κ2) is 6.68. The normalized spacial score (nSPS) is 14.8. The van der Waals surface area contributed by atoms with Gasteiger partial charge in [-0.2, -0.15) is 0 Å². The molecule has 0 spiro atoms. The molecule has 0 unspecified atom stereocenters. The maximum Gasteiger partial charge on any atom is 0.159 e. The molecule has 0 atom stereocenters. The second-order valence-electron chi connectivity index (χ2n) is 6.32. The van der Waals surface area contributed by atoms with Crippen LogP contribution in [0.4, 0.5) is 14.6 Å². The van der Waals surface area contributed by atoms with E-state index >= 15 is 4.39 Å². The van der Waals surface area contributed by atoms with Crippen LogP contribution in [-0.4, -0.2) is 28.2 Å². The predicted octanol–water partition coefficient (Wildman–Crippen LogP) is 4.92. The summed E-state index contributed by atoms with van der Waals surface area (Å²) >= 11 is 6.31. The van der Waals surface area contributed by atoms with E-state index in [2.05, 4.69) is 14.9 Å². The van der Waals surface area contributed by atoms with Crippen LogP contribution in [0.25, 0.3) is 22.0 Å². The van der Waals surface area contributed by atoms with Crippen molar-refractivity contribution >= 4 is 28.3 Å². The molecule has 4 rings (SSSR count). The van der Waals surface area contributed by atoms with Gasteiger partial charge in [-0.25, -0.2) is 18.7 Å². The number of piperidine rings is 1. The minimum atomic E-state index is -0.770. The summed E-state index contributed by atoms with van der Waals surface area (Å²) in [5, 5.41) is 10.5. The van der Waals surface area contributed by atoms with Crippen LogP contribution in [0, 0.1) is 11.6 Å². The van der Waals surface area contributed by atoms with Crippen LogP contribution in [0.15, 0.2) is 30.6 Å². The summed E-state index contributed by atoms with van der Waals surface area (Å²) in [5.74, 6) is -1.28. The monoisotopic (exact) mass is 375 g/mol. The van der Waals surface area contributed by atoms with Crippen molar-refractivity contribution in [2.75, 3.05) is 18.0 Å². The van der Waals surface area contributed by atoms with E-state index in [4.69, 9.17) is 11.6 Å². The van der Waals surface area contributed by atoms with Gasteiger partial charge in [0.15, 0.2) is 5.82 Å². The third-order valence-electron chi connectivity index (χ3n) is 4.70. The molecule has 1 saturated heterocycles. The van der Waals surface area contributed by atoms with Gasteiger partial charge in [0.05, 0.1) is 10.6 Å². The zero-order chi connectivity index (χ0) is 18.3. The fraction of sp³-hybridized carbons (Fsp3) is 0.263. The Kier molecular flexibility index (Phi) is 4.36. The Labute approximate surface area is 154 Å². The standard InChI is InChI=1S/C19H16ClF2N3O/c20-12-9-11-18(23-10-24-19(11)25-7-2-1-3-8-25)17(22)15(12)16-13(21)5-4-6-14(16)26/h4-6,9-10,26H,1-3,7-8H2. The third-order valence-corrected chi connectivity index (χ3v) is 5.00. The maximum atomic E-state index is 15.3. The molecule has 0 aliphatic carbocycles. The van der Waals surface area contributed by atoms with Gasteiger partial charge < -0.3 is 10.0 Å². The zero-order valence-electron chi connectivity index (χ0n) is 13.8. The van der Waals surface area contributed by atoms with Crippen molar-refractivity contribution in [3.8, 4) is 16.9 Å². The van der Waals surface area contributed by atoms with Crippen LogP contribution in [0.2, 0.25) is 5.02 Å². The lowest BCUT2D eigenvalue weighted by Gasteiger charge is -2.28. The molecule has 0 bridgehead atoms. The van der Waals surface area contributed by atoms with Gasteiger partial charge in [0.25, 0.3) is 0 Å². The first kappa shape index (κ1) is 17.0. The lowest BCUT2D eigenvalue weighted by atomic mass is 10.0. The number of aromatic hydroxyl groups is 1. The number of hydrogen-bond donors (Lipinski definition) is 1. The average Bonchev–Trinajstić information content (AvgIpc) is 2.64. The van der Waals surface area contributed by atoms with E-state index in [-0.39, 0.29) is 27.4 Å². The summed E-state index contributed by atoms with van der Waals surface area (Å²) < 4.78 is 29.5. The van der Waals surface area contributed by atoms with Crippen molar-refractivity contribution in [3.63, 3.8) is 0 Å². The lowest BCUT2D eigenvalue weighted by Crippen LogP contribution is -2.30. The van der Waals surface area contributed by atoms with Gasteiger partial charge in [0, 0.05) is 24.0 Å². The Morgan fingerprint density at radius 1 is 1.04 bits per heavy atom. The fourth-order valence-corrected chi connectivity index (χ4v) is 3.75. The summed E-state index contributed by atoms with van der Waals surface area (Å²) in [5.41, 5.74) is -0.407. The van der Waals surface area contributed by atoms with Crippen LogP contribution in [0.1, 0.15) is 19.3 Å². The van der Waals surface area contributed by atoms with E-state index in [1.54, 1.807) is 6.07 Å². The summed E-state index contributed by atoms with van der Waals surface area (Å²) in [7, 11) is 0. The van der Waals surface area contributed by atoms with E-state index in [1.165, 1.54) is 18.5 Å². The van der Waals surface area contributed by atoms with E-state index in [1.807, 2.05) is 0 Å². The molecule has 1 fully saturated rings. The SMILES string of the molecule is Oc1cccc(F)c1-c1c(Cl)cc2c(N3CCCCC3)ncnc2c1F. The van der Waals surface area contributed by atoms with E-state index in [0.29, 0.717) is 11.2 Å². The molecule has 1 aliphatic rings. The van der Waals surface area contributed by atoms with Gasteiger partial charge in [-0.3, -0.25) is 0 Å². The van der Waals surface area contributed by atoms with E-state index in [9.17, 15) is 9.50 Å². The van der Waals surface area contributed by atoms with Crippen LogP contribution in [-0.2, 0) is 0 Å². The molecule has 26 heavy (non-hydrogen) atoms. The molecule has 2 heterocycles. The van der Waals surface area contributed by atoms with Crippen LogP contribution in [0.3, 0.4) is 0 Å². The van der Waals surface area contributed by atoms with Gasteiger partial charge in [-0.05, 0) is 37.5 Å². The van der Waals surface area contributed by atoms with Gasteiger partial charge >= 0.3 is 0 Å². The first-order valence-electron chi connectivity index (χ1n) is 8.43. The molecular weight excluding hydrogens is 360 g/mol. The Balaban J connectivity index is 1.96. The molecule has 3 aromatic rings. The molecule has 0 radical (unpaired) electrons. The molecule has 2 aromatic carbocycles. The molecular formula is C19H16ClF2N3O. The van der Waals surface area contributed by atoms with E-state index in [0.717, 1.165) is 38.4 Å². The molecule has 0 saturated carbocycles. The fourth-order valence-electron chi connectivity index (χ4n) is 3.46. The molecule has 1 N–H and O–H groups in total. The highest BCUT2D eigenvalue weighted by Gasteiger charge is 2.24. The van der Waals surface area contributed by atoms with Crippen molar-refractivity contribution in [2.24, 2.45) is 0 Å². The quantitative estimate of drug-likeness (QED) is 0.690. The topological polar surface area (TPSA) is 49.2 Å². The number of aromatic nitrogens is 2. The van der Waals surface area contributed by atoms with Crippen molar-refractivity contribution in [3.05, 3.63) is 47.2 Å². The average molecular weight is 376 g/mol. The highest BCUT2D eigenvalue weighted by atomic mass is 35.5. The number of phenols is 1. The number of anilines is 1. The molecule has 134 valence electrons. The Bertz CT molecular complexity index is 970. The van der Waals surface area contributed by atoms with Crippen LogP contribution < -0.4 is 4.90 Å². The van der Waals surface area contributed by atoms with Crippen LogP contribution >= 0.6 is 11.6 Å². The summed E-state index contributed by atoms with van der Waals surface area (Å²) in [6, 6.07) is 5.33. The molecule has 4 nitrogen and oxygen atoms in total. The molecule has 0 amide bonds. The third kappa shape index (κ3) is 2.74. The van der Waals surface area contributed by atoms with Crippen LogP contribution in [0.5, 0.6) is 5.75 Å². The molecule has 1 aromatic heterocycles. The van der Waals surface area contributed by atoms with Crippen molar-refractivity contribution in [1.82, 2.24) is 9.97 Å². The van der Waals surface area contributed by atoms with Gasteiger partial charge in [0.1, 0.15) is 29.2 Å². The Morgan fingerprint density at radius 2 is 1.81 bits per heavy atom. The first-order chi connectivity index (χ1) is 12.6. The minimum Gasteiger partial charge on any atom is -0.507 e. The largest absolute Gasteiger partial charge is 0.507 e. The summed E-state index contributed by atoms with van der Waals surface area (Å²) in [4.78, 5) is 10.5. The Morgan fingerprint density at radius 3 is 2.54 bits per heavy atom. The Hall–Kier alpha value is -2.47. The van der Waals surface area contributed by atoms with Gasteiger partial charge in [-0.15, -0.1) is 0 Å². The number of phenolic OH excluding ortho intramolecular Hbond substituents is 1. The molecule has 1 aliphatic heterocycles. The summed E-state index contributed by atoms with van der Waals surface area (Å²) in [6.45, 7) is 1.67. The maximum absolute atomic E-state index is 15.3. The van der Waals surface area contributed by atoms with Crippen molar-refractivity contribution < 1.29 is 13.9 Å². The van der Waals surface area contributed by atoms with E-state index < -0.39 is 11.6 Å². The zero-order valence-corrected chi connectivity index (χ0v) is 14.6. The highest BCUT2D eigenvalue weighted by Crippen LogP contribution is 2.42. The highest BCUT2D eigenvalue weighted by molar-refractivity contribution is 6.34. The number of fused-ring (bicyclic) bond motifs is 1. The number of halogens is 3. The van der Waals surface area contributed by atoms with Gasteiger partial charge in [0.2, 0.25) is 0 Å². The minimum absolute atomic E-state index is 0.00320. The number of benzene rings is 2. The first-order valence-corrected chi connectivity index (χ1v) is 8.81. The van der Waals surface area contributed by atoms with Crippen molar-refractivity contribution in [1.29, 1.82) is 0 Å². The lowest BCUT2D eigenvalue weighted by molar-refractivity contribution is 0.471. The predicted molar refractivity (Wildman–Crippen MR) is 97.6 cm³/mol. The second-order valence-corrected chi connectivity index (χ2v) is 6.73. The smallest absolute Gasteiger partial charge is 0.159 e. The van der Waals surface area contributed by atoms with Gasteiger partial charge in [-0.1, -0.05) is 17.7 Å². The number of nitrogens with zero attached hydrogens (tertiary/aromatic N) is 3.